The van der Waals surface area contributed by atoms with Crippen LogP contribution in [0.25, 0.3) is 0 Å². The zero-order chi connectivity index (χ0) is 9.14. The van der Waals surface area contributed by atoms with Crippen molar-refractivity contribution in [3.05, 3.63) is 16.3 Å². The topological polar surface area (TPSA) is 87.0 Å². The average Bonchev–Trinajstić information content (AvgIpc) is 2.34. The predicted molar refractivity (Wildman–Crippen MR) is 42.1 cm³/mol. The number of nitrogens with two attached hydrogens (primary N) is 1. The predicted octanol–water partition coefficient (Wildman–Crippen LogP) is 0.00670. The van der Waals surface area contributed by atoms with Gasteiger partial charge >= 0.3 is 5.69 Å². The van der Waals surface area contributed by atoms with Crippen LogP contribution in [0.1, 0.15) is 0 Å². The molecule has 0 aromatic carbocycles. The van der Waals surface area contributed by atoms with E-state index in [1.165, 1.54) is 4.68 Å². The van der Waals surface area contributed by atoms with E-state index in [9.17, 15) is 10.1 Å². The molecule has 0 unspecified atom stereocenters. The van der Waals surface area contributed by atoms with E-state index < -0.39 is 4.92 Å². The molecule has 0 radical (unpaired) electrons. The molecule has 2 N–H and O–H groups in total. The maximum absolute atomic E-state index is 10.3. The third-order valence-electron chi connectivity index (χ3n) is 1.30. The van der Waals surface area contributed by atoms with E-state index in [2.05, 4.69) is 11.0 Å². The quantitative estimate of drug-likeness (QED) is 0.380. The SMILES string of the molecule is C#CCn1ncc([N+](=O)[O-])c1N. The summed E-state index contributed by atoms with van der Waals surface area (Å²) < 4.78 is 1.19. The lowest BCUT2D eigenvalue weighted by molar-refractivity contribution is -0.384. The van der Waals surface area contributed by atoms with Gasteiger partial charge in [-0.25, -0.2) is 4.68 Å². The second-order valence-electron chi connectivity index (χ2n) is 2.03. The van der Waals surface area contributed by atoms with Crippen molar-refractivity contribution in [1.82, 2.24) is 9.78 Å². The van der Waals surface area contributed by atoms with Crippen LogP contribution in [0, 0.1) is 22.5 Å². The molecule has 1 rings (SSSR count). The van der Waals surface area contributed by atoms with Gasteiger partial charge in [0.2, 0.25) is 5.82 Å². The molecule has 0 saturated carbocycles. The van der Waals surface area contributed by atoms with E-state index in [1.807, 2.05) is 0 Å². The summed E-state index contributed by atoms with van der Waals surface area (Å²) in [6.45, 7) is 0.139. The van der Waals surface area contributed by atoms with Gasteiger partial charge in [0.1, 0.15) is 12.7 Å². The molecule has 0 aliphatic carbocycles. The summed E-state index contributed by atoms with van der Waals surface area (Å²) in [7, 11) is 0. The minimum Gasteiger partial charge on any atom is -0.378 e. The Balaban J connectivity index is 3.06. The molecule has 6 heteroatoms. The van der Waals surface area contributed by atoms with E-state index >= 15 is 0 Å². The normalized spacial score (nSPS) is 9.25. The Labute approximate surface area is 68.1 Å². The monoisotopic (exact) mass is 166 g/mol. The Morgan fingerprint density at radius 1 is 1.92 bits per heavy atom. The van der Waals surface area contributed by atoms with Crippen LogP contribution in [0.4, 0.5) is 11.5 Å². The zero-order valence-electron chi connectivity index (χ0n) is 6.10. The number of aromatic nitrogens is 2. The van der Waals surface area contributed by atoms with Gasteiger partial charge in [-0.05, 0) is 0 Å². The van der Waals surface area contributed by atoms with Gasteiger partial charge < -0.3 is 5.73 Å². The highest BCUT2D eigenvalue weighted by atomic mass is 16.6. The molecule has 0 bridgehead atoms. The van der Waals surface area contributed by atoms with E-state index in [0.717, 1.165) is 6.20 Å². The van der Waals surface area contributed by atoms with E-state index in [4.69, 9.17) is 12.2 Å². The molecule has 0 spiro atoms. The third-order valence-corrected chi connectivity index (χ3v) is 1.30. The summed E-state index contributed by atoms with van der Waals surface area (Å²) in [5.74, 6) is 2.26. The molecular formula is C6H6N4O2. The Bertz CT molecular complexity index is 349. The minimum atomic E-state index is -0.602. The van der Waals surface area contributed by atoms with Gasteiger partial charge in [-0.1, -0.05) is 5.92 Å². The van der Waals surface area contributed by atoms with Gasteiger partial charge in [-0.15, -0.1) is 6.42 Å². The first-order chi connectivity index (χ1) is 5.66. The molecule has 0 aliphatic heterocycles. The smallest absolute Gasteiger partial charge is 0.330 e. The van der Waals surface area contributed by atoms with Crippen molar-refractivity contribution in [2.75, 3.05) is 5.73 Å². The fourth-order valence-electron chi connectivity index (χ4n) is 0.738. The number of anilines is 1. The summed E-state index contributed by atoms with van der Waals surface area (Å²) in [4.78, 5) is 9.66. The lowest BCUT2D eigenvalue weighted by Crippen LogP contribution is -2.04. The molecule has 0 fully saturated rings. The molecule has 1 heterocycles. The van der Waals surface area contributed by atoms with E-state index in [-0.39, 0.29) is 18.1 Å². The molecule has 1 aromatic heterocycles. The number of nitrogen functional groups attached to an aromatic ring is 1. The van der Waals surface area contributed by atoms with Crippen molar-refractivity contribution in [1.29, 1.82) is 0 Å². The van der Waals surface area contributed by atoms with Gasteiger partial charge in [0.25, 0.3) is 0 Å². The largest absolute Gasteiger partial charge is 0.378 e. The van der Waals surface area contributed by atoms with Crippen LogP contribution in [0.5, 0.6) is 0 Å². The van der Waals surface area contributed by atoms with Crippen molar-refractivity contribution in [2.24, 2.45) is 0 Å². The maximum atomic E-state index is 10.3. The Kier molecular flexibility index (Phi) is 1.96. The molecule has 62 valence electrons. The summed E-state index contributed by atoms with van der Waals surface area (Å²) in [6, 6.07) is 0. The van der Waals surface area contributed by atoms with Gasteiger partial charge in [0, 0.05) is 0 Å². The summed E-state index contributed by atoms with van der Waals surface area (Å²) in [5.41, 5.74) is 5.14. The highest BCUT2D eigenvalue weighted by molar-refractivity contribution is 5.51. The molecule has 0 aliphatic rings. The Morgan fingerprint density at radius 2 is 2.58 bits per heavy atom. The van der Waals surface area contributed by atoms with E-state index in [0.29, 0.717) is 0 Å². The average molecular weight is 166 g/mol. The van der Waals surface area contributed by atoms with Crippen LogP contribution in [0.3, 0.4) is 0 Å². The first-order valence-corrected chi connectivity index (χ1v) is 3.06. The second kappa shape index (κ2) is 2.92. The third kappa shape index (κ3) is 1.20. The summed E-state index contributed by atoms with van der Waals surface area (Å²) in [5, 5.41) is 13.9. The Morgan fingerprint density at radius 3 is 3.00 bits per heavy atom. The molecule has 1 aromatic rings. The first-order valence-electron chi connectivity index (χ1n) is 3.06. The molecule has 12 heavy (non-hydrogen) atoms. The minimum absolute atomic E-state index is 0.0158. The van der Waals surface area contributed by atoms with Crippen LogP contribution in [0.15, 0.2) is 6.20 Å². The summed E-state index contributed by atoms with van der Waals surface area (Å²) >= 11 is 0. The molecule has 6 nitrogen and oxygen atoms in total. The number of nitro groups is 1. The van der Waals surface area contributed by atoms with Crippen LogP contribution >= 0.6 is 0 Å². The number of nitrogens with zero attached hydrogens (tertiary/aromatic N) is 3. The fourth-order valence-corrected chi connectivity index (χ4v) is 0.738. The molecule has 0 saturated heterocycles. The zero-order valence-corrected chi connectivity index (χ0v) is 6.10. The first kappa shape index (κ1) is 8.07. The van der Waals surface area contributed by atoms with Crippen molar-refractivity contribution in [3.63, 3.8) is 0 Å². The fraction of sp³-hybridized carbons (Fsp3) is 0.167. The van der Waals surface area contributed by atoms with Crippen LogP contribution < -0.4 is 5.73 Å². The standard InChI is InChI=1S/C6H6N4O2/c1-2-3-9-6(7)5(4-8-9)10(11)12/h1,4H,3,7H2. The highest BCUT2D eigenvalue weighted by Gasteiger charge is 2.16. The number of terminal acetylenes is 1. The second-order valence-corrected chi connectivity index (χ2v) is 2.03. The van der Waals surface area contributed by atoms with Gasteiger partial charge in [-0.3, -0.25) is 10.1 Å². The highest BCUT2D eigenvalue weighted by Crippen LogP contribution is 2.18. The van der Waals surface area contributed by atoms with Gasteiger partial charge in [-0.2, -0.15) is 5.10 Å². The number of hydrogen-bond donors (Lipinski definition) is 1. The van der Waals surface area contributed by atoms with Gasteiger partial charge in [0.05, 0.1) is 4.92 Å². The van der Waals surface area contributed by atoms with Crippen LogP contribution in [0.2, 0.25) is 0 Å². The molecular weight excluding hydrogens is 160 g/mol. The lowest BCUT2D eigenvalue weighted by atomic mass is 10.5. The lowest BCUT2D eigenvalue weighted by Gasteiger charge is -1.94. The Hall–Kier alpha value is -2.03. The summed E-state index contributed by atoms with van der Waals surface area (Å²) in [6.07, 6.45) is 6.05. The van der Waals surface area contributed by atoms with Crippen molar-refractivity contribution >= 4 is 11.5 Å². The van der Waals surface area contributed by atoms with Gasteiger partial charge in [0.15, 0.2) is 0 Å². The van der Waals surface area contributed by atoms with Crippen LogP contribution in [-0.2, 0) is 6.54 Å². The number of rotatable bonds is 2. The van der Waals surface area contributed by atoms with Crippen molar-refractivity contribution in [2.45, 2.75) is 6.54 Å². The maximum Gasteiger partial charge on any atom is 0.330 e. The molecule has 0 amide bonds. The van der Waals surface area contributed by atoms with Crippen molar-refractivity contribution < 1.29 is 4.92 Å². The van der Waals surface area contributed by atoms with Crippen LogP contribution in [-0.4, -0.2) is 14.7 Å². The van der Waals surface area contributed by atoms with Crippen molar-refractivity contribution in [3.8, 4) is 12.3 Å². The number of hydrogen-bond acceptors (Lipinski definition) is 4. The van der Waals surface area contributed by atoms with E-state index in [1.54, 1.807) is 0 Å². The molecule has 0 atom stereocenters.